The summed E-state index contributed by atoms with van der Waals surface area (Å²) >= 11 is 0. The number of fused-ring (bicyclic) bond motifs is 1. The molecular weight excluding hydrogens is 340 g/mol. The number of methoxy groups -OCH3 is 1. The highest BCUT2D eigenvalue weighted by molar-refractivity contribution is 5.36. The van der Waals surface area contributed by atoms with Crippen LogP contribution in [-0.2, 0) is 19.5 Å². The summed E-state index contributed by atoms with van der Waals surface area (Å²) in [6.45, 7) is 5.60. The maximum atomic E-state index is 12.6. The van der Waals surface area contributed by atoms with Gasteiger partial charge in [-0.1, -0.05) is 12.1 Å². The van der Waals surface area contributed by atoms with Crippen LogP contribution in [-0.4, -0.2) is 41.1 Å². The number of benzene rings is 1. The van der Waals surface area contributed by atoms with Crippen molar-refractivity contribution in [1.29, 1.82) is 0 Å². The number of nitrogens with zero attached hydrogens (tertiary/aromatic N) is 3. The molecule has 1 aromatic heterocycles. The molecule has 0 radical (unpaired) electrons. The molecule has 0 unspecified atom stereocenters. The van der Waals surface area contributed by atoms with Crippen LogP contribution in [0.1, 0.15) is 43.0 Å². The Bertz CT molecular complexity index is 864. The van der Waals surface area contributed by atoms with E-state index in [1.54, 1.807) is 7.11 Å². The van der Waals surface area contributed by atoms with Crippen LogP contribution < -0.4 is 15.2 Å². The van der Waals surface area contributed by atoms with E-state index in [2.05, 4.69) is 33.8 Å². The molecule has 0 spiro atoms. The summed E-state index contributed by atoms with van der Waals surface area (Å²) in [5.74, 6) is 1.62. The van der Waals surface area contributed by atoms with Crippen molar-refractivity contribution in [1.82, 2.24) is 14.9 Å². The third-order valence-corrected chi connectivity index (χ3v) is 5.76. The number of aromatic amines is 1. The van der Waals surface area contributed by atoms with Gasteiger partial charge in [-0.15, -0.1) is 0 Å². The van der Waals surface area contributed by atoms with Crippen LogP contribution in [0.15, 0.2) is 29.1 Å². The van der Waals surface area contributed by atoms with E-state index in [1.807, 2.05) is 12.1 Å². The highest BCUT2D eigenvalue weighted by Gasteiger charge is 2.25. The minimum Gasteiger partial charge on any atom is -0.497 e. The molecule has 3 heterocycles. The maximum absolute atomic E-state index is 12.6. The third kappa shape index (κ3) is 3.86. The van der Waals surface area contributed by atoms with Crippen molar-refractivity contribution in [2.45, 2.75) is 51.7 Å². The van der Waals surface area contributed by atoms with Gasteiger partial charge in [-0.2, -0.15) is 0 Å². The number of piperidine rings is 1. The summed E-state index contributed by atoms with van der Waals surface area (Å²) in [5, 5.41) is 0. The second kappa shape index (κ2) is 7.72. The van der Waals surface area contributed by atoms with Crippen LogP contribution in [0, 0.1) is 0 Å². The van der Waals surface area contributed by atoms with Crippen molar-refractivity contribution in [3.8, 4) is 5.75 Å². The van der Waals surface area contributed by atoms with E-state index in [9.17, 15) is 4.79 Å². The Morgan fingerprint density at radius 3 is 3.00 bits per heavy atom. The van der Waals surface area contributed by atoms with Gasteiger partial charge in [-0.3, -0.25) is 14.7 Å². The predicted octanol–water partition coefficient (Wildman–Crippen LogP) is 2.72. The molecule has 1 atom stereocenters. The molecule has 0 saturated carbocycles. The minimum atomic E-state index is 0.0359. The van der Waals surface area contributed by atoms with Crippen molar-refractivity contribution in [2.24, 2.45) is 0 Å². The molecule has 1 N–H and O–H groups in total. The molecule has 1 aromatic carbocycles. The van der Waals surface area contributed by atoms with Crippen LogP contribution in [0.25, 0.3) is 0 Å². The van der Waals surface area contributed by atoms with Crippen molar-refractivity contribution < 1.29 is 4.74 Å². The number of nitrogens with one attached hydrogen (secondary N) is 1. The van der Waals surface area contributed by atoms with Gasteiger partial charge in [0.1, 0.15) is 5.75 Å². The Balaban J connectivity index is 1.55. The lowest BCUT2D eigenvalue weighted by Gasteiger charge is -2.35. The fraction of sp³-hybridized carbons (Fsp3) is 0.524. The first-order valence-corrected chi connectivity index (χ1v) is 9.88. The van der Waals surface area contributed by atoms with Crippen LogP contribution in [0.4, 0.5) is 5.95 Å². The highest BCUT2D eigenvalue weighted by atomic mass is 16.5. The molecule has 2 aromatic rings. The van der Waals surface area contributed by atoms with E-state index in [1.165, 1.54) is 12.0 Å². The minimum absolute atomic E-state index is 0.0359. The van der Waals surface area contributed by atoms with E-state index < -0.39 is 0 Å². The Morgan fingerprint density at radius 2 is 2.19 bits per heavy atom. The Morgan fingerprint density at radius 1 is 1.30 bits per heavy atom. The Kier molecular flexibility index (Phi) is 5.16. The summed E-state index contributed by atoms with van der Waals surface area (Å²) in [6.07, 6.45) is 4.31. The first-order chi connectivity index (χ1) is 13.1. The Hall–Kier alpha value is -2.34. The third-order valence-electron chi connectivity index (χ3n) is 5.76. The monoisotopic (exact) mass is 368 g/mol. The first kappa shape index (κ1) is 18.0. The molecule has 1 saturated heterocycles. The maximum Gasteiger partial charge on any atom is 0.255 e. The van der Waals surface area contributed by atoms with Crippen LogP contribution >= 0.6 is 0 Å². The van der Waals surface area contributed by atoms with Gasteiger partial charge >= 0.3 is 0 Å². The lowest BCUT2D eigenvalue weighted by Crippen LogP contribution is -2.41. The fourth-order valence-electron chi connectivity index (χ4n) is 4.19. The van der Waals surface area contributed by atoms with Gasteiger partial charge in [0.25, 0.3) is 5.56 Å². The van der Waals surface area contributed by atoms with Gasteiger partial charge in [0, 0.05) is 37.8 Å². The van der Waals surface area contributed by atoms with Crippen LogP contribution in [0.3, 0.4) is 0 Å². The first-order valence-electron chi connectivity index (χ1n) is 9.88. The zero-order valence-electron chi connectivity index (χ0n) is 16.2. The topological polar surface area (TPSA) is 61.5 Å². The fourth-order valence-corrected chi connectivity index (χ4v) is 4.19. The SMILES string of the molecule is COc1cccc(CN2CCc3c(nc(N4CCCC[C@@H]4C)[nH]c3=O)C2)c1. The zero-order valence-corrected chi connectivity index (χ0v) is 16.2. The molecule has 6 nitrogen and oxygen atoms in total. The van der Waals surface area contributed by atoms with Gasteiger partial charge in [0.05, 0.1) is 12.8 Å². The van der Waals surface area contributed by atoms with Crippen LogP contribution in [0.5, 0.6) is 5.75 Å². The smallest absolute Gasteiger partial charge is 0.255 e. The van der Waals surface area contributed by atoms with Gasteiger partial charge < -0.3 is 9.64 Å². The van der Waals surface area contributed by atoms with Crippen molar-refractivity contribution in [2.75, 3.05) is 25.1 Å². The summed E-state index contributed by atoms with van der Waals surface area (Å²) in [7, 11) is 1.69. The number of aromatic nitrogens is 2. The second-order valence-corrected chi connectivity index (χ2v) is 7.67. The van der Waals surface area contributed by atoms with Crippen molar-refractivity contribution in [3.63, 3.8) is 0 Å². The molecule has 1 fully saturated rings. The molecule has 144 valence electrons. The van der Waals surface area contributed by atoms with Gasteiger partial charge in [-0.05, 0) is 50.3 Å². The molecule has 0 bridgehead atoms. The standard InChI is InChI=1S/C21H28N4O2/c1-15-6-3-4-10-25(15)21-22-19-14-24(11-9-18(19)20(26)23-21)13-16-7-5-8-17(12-16)27-2/h5,7-8,12,15H,3-4,6,9-11,13-14H2,1-2H3,(H,22,23,26)/t15-/m0/s1. The molecular formula is C21H28N4O2. The van der Waals surface area contributed by atoms with Gasteiger partial charge in [0.2, 0.25) is 5.95 Å². The average molecular weight is 368 g/mol. The zero-order chi connectivity index (χ0) is 18.8. The summed E-state index contributed by atoms with van der Waals surface area (Å²) in [4.78, 5) is 25.2. The Labute approximate surface area is 160 Å². The van der Waals surface area contributed by atoms with E-state index >= 15 is 0 Å². The van der Waals surface area contributed by atoms with E-state index in [4.69, 9.17) is 9.72 Å². The quantitative estimate of drug-likeness (QED) is 0.899. The van der Waals surface area contributed by atoms with Crippen molar-refractivity contribution >= 4 is 5.95 Å². The molecule has 4 rings (SSSR count). The average Bonchev–Trinajstić information content (AvgIpc) is 2.68. The lowest BCUT2D eigenvalue weighted by molar-refractivity contribution is 0.240. The number of rotatable bonds is 4. The van der Waals surface area contributed by atoms with E-state index in [0.29, 0.717) is 12.6 Å². The summed E-state index contributed by atoms with van der Waals surface area (Å²) in [5.41, 5.74) is 3.03. The van der Waals surface area contributed by atoms with E-state index in [0.717, 1.165) is 61.9 Å². The normalized spacial score (nSPS) is 20.4. The number of hydrogen-bond donors (Lipinski definition) is 1. The van der Waals surface area contributed by atoms with Crippen molar-refractivity contribution in [3.05, 3.63) is 51.4 Å². The molecule has 0 amide bonds. The number of hydrogen-bond acceptors (Lipinski definition) is 5. The molecule has 0 aliphatic carbocycles. The van der Waals surface area contributed by atoms with E-state index in [-0.39, 0.29) is 5.56 Å². The molecule has 27 heavy (non-hydrogen) atoms. The van der Waals surface area contributed by atoms with Gasteiger partial charge in [-0.25, -0.2) is 4.98 Å². The molecule has 6 heteroatoms. The van der Waals surface area contributed by atoms with Crippen LogP contribution in [0.2, 0.25) is 0 Å². The van der Waals surface area contributed by atoms with Gasteiger partial charge in [0.15, 0.2) is 0 Å². The lowest BCUT2D eigenvalue weighted by atomic mass is 10.0. The number of H-pyrrole nitrogens is 1. The largest absolute Gasteiger partial charge is 0.497 e. The number of anilines is 1. The summed E-state index contributed by atoms with van der Waals surface area (Å²) in [6, 6.07) is 8.59. The highest BCUT2D eigenvalue weighted by Crippen LogP contribution is 2.24. The summed E-state index contributed by atoms with van der Waals surface area (Å²) < 4.78 is 5.33. The number of ether oxygens (including phenoxy) is 1. The molecule has 2 aliphatic heterocycles. The predicted molar refractivity (Wildman–Crippen MR) is 106 cm³/mol. The second-order valence-electron chi connectivity index (χ2n) is 7.67. The molecule has 2 aliphatic rings.